The van der Waals surface area contributed by atoms with Crippen LogP contribution in [0.25, 0.3) is 0 Å². The number of aryl methyl sites for hydroxylation is 1. The Hall–Kier alpha value is -0.900. The summed E-state index contributed by atoms with van der Waals surface area (Å²) in [4.78, 5) is 4.66. The largest absolute Gasteiger partial charge is 0.325 e. The molecule has 102 valence electrons. The highest BCUT2D eigenvalue weighted by Gasteiger charge is 2.29. The van der Waals surface area contributed by atoms with Crippen LogP contribution in [0.3, 0.4) is 0 Å². The monoisotopic (exact) mass is 250 g/mol. The maximum absolute atomic E-state index is 6.49. The summed E-state index contributed by atoms with van der Waals surface area (Å²) in [6.45, 7) is 4.39. The fourth-order valence-corrected chi connectivity index (χ4v) is 2.83. The van der Waals surface area contributed by atoms with Crippen LogP contribution in [0.15, 0.2) is 0 Å². The van der Waals surface area contributed by atoms with Gasteiger partial charge in [0.1, 0.15) is 5.82 Å². The number of nitrogens with two attached hydrogens (primary N) is 1. The van der Waals surface area contributed by atoms with Crippen LogP contribution in [-0.2, 0) is 19.9 Å². The third-order valence-corrected chi connectivity index (χ3v) is 3.85. The Balaban J connectivity index is 2.06. The average molecular weight is 250 g/mol. The van der Waals surface area contributed by atoms with Gasteiger partial charge in [0.2, 0.25) is 0 Å². The van der Waals surface area contributed by atoms with Crippen LogP contribution in [0.5, 0.6) is 0 Å². The van der Waals surface area contributed by atoms with E-state index in [0.717, 1.165) is 37.3 Å². The fourth-order valence-electron chi connectivity index (χ4n) is 2.83. The Morgan fingerprint density at radius 2 is 1.94 bits per heavy atom. The minimum absolute atomic E-state index is 0.0475. The van der Waals surface area contributed by atoms with Gasteiger partial charge in [0, 0.05) is 25.4 Å². The van der Waals surface area contributed by atoms with Gasteiger partial charge in [-0.15, -0.1) is 0 Å². The van der Waals surface area contributed by atoms with Crippen LogP contribution in [0.4, 0.5) is 0 Å². The molecule has 0 aliphatic heterocycles. The van der Waals surface area contributed by atoms with Crippen molar-refractivity contribution in [1.29, 1.82) is 0 Å². The lowest BCUT2D eigenvalue weighted by Gasteiger charge is -2.32. The van der Waals surface area contributed by atoms with Gasteiger partial charge in [-0.05, 0) is 18.8 Å². The van der Waals surface area contributed by atoms with Gasteiger partial charge in [0.25, 0.3) is 0 Å². The molecule has 1 fully saturated rings. The molecule has 4 nitrogen and oxygen atoms in total. The molecule has 1 aromatic rings. The molecule has 1 aliphatic rings. The highest BCUT2D eigenvalue weighted by atomic mass is 15.3. The lowest BCUT2D eigenvalue weighted by atomic mass is 9.80. The molecule has 0 unspecified atom stereocenters. The molecule has 1 saturated carbocycles. The van der Waals surface area contributed by atoms with Crippen LogP contribution in [-0.4, -0.2) is 20.3 Å². The van der Waals surface area contributed by atoms with Crippen LogP contribution >= 0.6 is 0 Å². The van der Waals surface area contributed by atoms with E-state index in [1.54, 1.807) is 0 Å². The van der Waals surface area contributed by atoms with Gasteiger partial charge in [-0.25, -0.2) is 4.98 Å². The van der Waals surface area contributed by atoms with E-state index in [1.807, 2.05) is 11.7 Å². The molecule has 1 heterocycles. The quantitative estimate of drug-likeness (QED) is 0.891. The van der Waals surface area contributed by atoms with Crippen LogP contribution in [0.1, 0.15) is 57.6 Å². The standard InChI is InChI=1S/C14H26N4/c1-11(2)9-12-16-13(18(3)17-12)10-14(15)7-5-4-6-8-14/h11H,4-10,15H2,1-3H3. The second-order valence-corrected chi connectivity index (χ2v) is 6.27. The zero-order chi connectivity index (χ0) is 13.2. The highest BCUT2D eigenvalue weighted by molar-refractivity contribution is 5.02. The number of aromatic nitrogens is 3. The van der Waals surface area contributed by atoms with E-state index in [1.165, 1.54) is 19.3 Å². The molecule has 0 atom stereocenters. The normalized spacial score (nSPS) is 19.4. The van der Waals surface area contributed by atoms with E-state index in [4.69, 9.17) is 5.73 Å². The Labute approximate surface area is 110 Å². The van der Waals surface area contributed by atoms with Crippen molar-refractivity contribution in [3.05, 3.63) is 11.6 Å². The Morgan fingerprint density at radius 3 is 2.56 bits per heavy atom. The minimum Gasteiger partial charge on any atom is -0.325 e. The third-order valence-electron chi connectivity index (χ3n) is 3.85. The summed E-state index contributed by atoms with van der Waals surface area (Å²) in [5.74, 6) is 2.61. The van der Waals surface area contributed by atoms with Crippen molar-refractivity contribution in [1.82, 2.24) is 14.8 Å². The molecular formula is C14H26N4. The van der Waals surface area contributed by atoms with Gasteiger partial charge in [0.15, 0.2) is 5.82 Å². The summed E-state index contributed by atoms with van der Waals surface area (Å²) in [5.41, 5.74) is 6.44. The topological polar surface area (TPSA) is 56.7 Å². The van der Waals surface area contributed by atoms with Gasteiger partial charge in [-0.1, -0.05) is 33.1 Å². The van der Waals surface area contributed by atoms with E-state index in [0.29, 0.717) is 5.92 Å². The molecule has 0 radical (unpaired) electrons. The number of nitrogens with zero attached hydrogens (tertiary/aromatic N) is 3. The number of hydrogen-bond donors (Lipinski definition) is 1. The maximum Gasteiger partial charge on any atom is 0.151 e. The molecule has 0 amide bonds. The second kappa shape index (κ2) is 5.39. The van der Waals surface area contributed by atoms with Crippen LogP contribution < -0.4 is 5.73 Å². The molecule has 1 aliphatic carbocycles. The van der Waals surface area contributed by atoms with Crippen LogP contribution in [0.2, 0.25) is 0 Å². The molecular weight excluding hydrogens is 224 g/mol. The van der Waals surface area contributed by atoms with Crippen molar-refractivity contribution in [2.45, 2.75) is 64.3 Å². The van der Waals surface area contributed by atoms with Gasteiger partial charge in [-0.2, -0.15) is 5.10 Å². The van der Waals surface area contributed by atoms with Crippen molar-refractivity contribution < 1.29 is 0 Å². The zero-order valence-electron chi connectivity index (χ0n) is 11.9. The van der Waals surface area contributed by atoms with Crippen molar-refractivity contribution in [3.8, 4) is 0 Å². The van der Waals surface area contributed by atoms with Crippen molar-refractivity contribution in [2.75, 3.05) is 0 Å². The smallest absolute Gasteiger partial charge is 0.151 e. The summed E-state index contributed by atoms with van der Waals surface area (Å²) < 4.78 is 1.92. The lowest BCUT2D eigenvalue weighted by Crippen LogP contribution is -2.44. The molecule has 0 aromatic carbocycles. The molecule has 2 rings (SSSR count). The summed E-state index contributed by atoms with van der Waals surface area (Å²) in [7, 11) is 1.98. The average Bonchev–Trinajstić information content (AvgIpc) is 2.58. The van der Waals surface area contributed by atoms with Gasteiger partial charge in [-0.3, -0.25) is 4.68 Å². The molecule has 0 saturated heterocycles. The fraction of sp³-hybridized carbons (Fsp3) is 0.857. The van der Waals surface area contributed by atoms with Gasteiger partial charge < -0.3 is 5.73 Å². The number of hydrogen-bond acceptors (Lipinski definition) is 3. The molecule has 4 heteroatoms. The number of rotatable bonds is 4. The van der Waals surface area contributed by atoms with E-state index in [9.17, 15) is 0 Å². The Bertz CT molecular complexity index is 388. The third kappa shape index (κ3) is 3.31. The Morgan fingerprint density at radius 1 is 1.28 bits per heavy atom. The summed E-state index contributed by atoms with van der Waals surface area (Å²) >= 11 is 0. The first-order valence-electron chi connectivity index (χ1n) is 7.16. The summed E-state index contributed by atoms with van der Waals surface area (Å²) in [5, 5.41) is 4.50. The molecule has 2 N–H and O–H groups in total. The molecule has 0 bridgehead atoms. The van der Waals surface area contributed by atoms with Crippen molar-refractivity contribution in [3.63, 3.8) is 0 Å². The highest BCUT2D eigenvalue weighted by Crippen LogP contribution is 2.28. The first-order chi connectivity index (χ1) is 8.48. The first-order valence-corrected chi connectivity index (χ1v) is 7.16. The van der Waals surface area contributed by atoms with E-state index < -0.39 is 0 Å². The van der Waals surface area contributed by atoms with E-state index in [-0.39, 0.29) is 5.54 Å². The molecule has 18 heavy (non-hydrogen) atoms. The van der Waals surface area contributed by atoms with E-state index >= 15 is 0 Å². The van der Waals surface area contributed by atoms with Crippen molar-refractivity contribution >= 4 is 0 Å². The summed E-state index contributed by atoms with van der Waals surface area (Å²) in [6, 6.07) is 0. The van der Waals surface area contributed by atoms with E-state index in [2.05, 4.69) is 23.9 Å². The predicted molar refractivity (Wildman–Crippen MR) is 73.3 cm³/mol. The van der Waals surface area contributed by atoms with Crippen LogP contribution in [0, 0.1) is 5.92 Å². The Kier molecular flexibility index (Phi) is 4.05. The minimum atomic E-state index is -0.0475. The first kappa shape index (κ1) is 13.5. The predicted octanol–water partition coefficient (Wildman–Crippen LogP) is 2.22. The lowest BCUT2D eigenvalue weighted by molar-refractivity contribution is 0.287. The van der Waals surface area contributed by atoms with Crippen molar-refractivity contribution in [2.24, 2.45) is 18.7 Å². The molecule has 1 aromatic heterocycles. The van der Waals surface area contributed by atoms with Gasteiger partial charge >= 0.3 is 0 Å². The van der Waals surface area contributed by atoms with Gasteiger partial charge in [0.05, 0.1) is 0 Å². The summed E-state index contributed by atoms with van der Waals surface area (Å²) in [6.07, 6.45) is 7.91. The maximum atomic E-state index is 6.49. The molecule has 0 spiro atoms. The second-order valence-electron chi connectivity index (χ2n) is 6.27. The SMILES string of the molecule is CC(C)Cc1nc(CC2(N)CCCCC2)n(C)n1. The zero-order valence-corrected chi connectivity index (χ0v) is 11.9.